The Morgan fingerprint density at radius 3 is 2.65 bits per heavy atom. The Balaban J connectivity index is 1.61. The van der Waals surface area contributed by atoms with Crippen molar-refractivity contribution >= 4 is 17.3 Å². The minimum absolute atomic E-state index is 0.0670. The van der Waals surface area contributed by atoms with Gasteiger partial charge in [0.25, 0.3) is 0 Å². The van der Waals surface area contributed by atoms with Crippen LogP contribution < -0.4 is 9.47 Å². The summed E-state index contributed by atoms with van der Waals surface area (Å²) in [5.41, 5.74) is 0.810. The maximum atomic E-state index is 12.8. The number of nitrogens with zero attached hydrogens (tertiary/aromatic N) is 1. The van der Waals surface area contributed by atoms with Crippen molar-refractivity contribution < 1.29 is 32.2 Å². The third-order valence-corrected chi connectivity index (χ3v) is 5.19. The summed E-state index contributed by atoms with van der Waals surface area (Å²) in [5.74, 6) is 0.592. The smallest absolute Gasteiger partial charge is 0.416 e. The third-order valence-electron chi connectivity index (χ3n) is 4.25. The predicted octanol–water partition coefficient (Wildman–Crippen LogP) is 5.52. The van der Waals surface area contributed by atoms with E-state index in [2.05, 4.69) is 4.98 Å². The number of rotatable bonds is 8. The summed E-state index contributed by atoms with van der Waals surface area (Å²) in [7, 11) is 1.55. The number of thiazole rings is 1. The van der Waals surface area contributed by atoms with Crippen LogP contribution in [-0.2, 0) is 28.7 Å². The minimum atomic E-state index is -4.46. The molecule has 0 aliphatic carbocycles. The van der Waals surface area contributed by atoms with E-state index < -0.39 is 17.7 Å². The zero-order valence-electron chi connectivity index (χ0n) is 16.9. The fourth-order valence-electron chi connectivity index (χ4n) is 2.81. The largest absolute Gasteiger partial charge is 0.493 e. The van der Waals surface area contributed by atoms with Gasteiger partial charge >= 0.3 is 12.1 Å². The van der Waals surface area contributed by atoms with Crippen molar-refractivity contribution in [2.45, 2.75) is 26.1 Å². The van der Waals surface area contributed by atoms with E-state index in [9.17, 15) is 18.0 Å². The summed E-state index contributed by atoms with van der Waals surface area (Å²) in [5, 5.41) is 2.47. The fourth-order valence-corrected chi connectivity index (χ4v) is 3.61. The molecule has 5 nitrogen and oxygen atoms in total. The standard InChI is InChI=1S/C22H20F3NO4S/c1-3-29-18-8-7-15(11-19(18)28-2)21-26-17(13-31-21)12-30-20(27)10-14-5-4-6-16(9-14)22(23,24)25/h4-9,11,13H,3,10,12H2,1-2H3. The van der Waals surface area contributed by atoms with E-state index in [1.165, 1.54) is 23.5 Å². The number of carbonyl (C=O) groups excluding carboxylic acids is 1. The van der Waals surface area contributed by atoms with Crippen LogP contribution in [0, 0.1) is 0 Å². The highest BCUT2D eigenvalue weighted by Gasteiger charge is 2.30. The highest BCUT2D eigenvalue weighted by Crippen LogP contribution is 2.34. The molecule has 0 N–H and O–H groups in total. The van der Waals surface area contributed by atoms with Crippen molar-refractivity contribution in [1.29, 1.82) is 0 Å². The second-order valence-electron chi connectivity index (χ2n) is 6.48. The van der Waals surface area contributed by atoms with Gasteiger partial charge in [-0.25, -0.2) is 4.98 Å². The van der Waals surface area contributed by atoms with E-state index in [4.69, 9.17) is 14.2 Å². The first-order chi connectivity index (χ1) is 14.8. The van der Waals surface area contributed by atoms with E-state index in [-0.39, 0.29) is 18.6 Å². The molecule has 0 saturated heterocycles. The zero-order chi connectivity index (χ0) is 22.4. The minimum Gasteiger partial charge on any atom is -0.493 e. The number of carbonyl (C=O) groups is 1. The van der Waals surface area contributed by atoms with Crippen molar-refractivity contribution in [3.63, 3.8) is 0 Å². The number of ether oxygens (including phenoxy) is 3. The molecule has 3 aromatic rings. The van der Waals surface area contributed by atoms with Crippen LogP contribution in [0.25, 0.3) is 10.6 Å². The highest BCUT2D eigenvalue weighted by molar-refractivity contribution is 7.13. The molecular formula is C22H20F3NO4S. The molecule has 0 amide bonds. The van der Waals surface area contributed by atoms with E-state index in [0.29, 0.717) is 28.8 Å². The summed E-state index contributed by atoms with van der Waals surface area (Å²) < 4.78 is 54.4. The van der Waals surface area contributed by atoms with Gasteiger partial charge in [0, 0.05) is 10.9 Å². The molecule has 0 saturated carbocycles. The van der Waals surface area contributed by atoms with Crippen molar-refractivity contribution in [2.24, 2.45) is 0 Å². The monoisotopic (exact) mass is 451 g/mol. The summed E-state index contributed by atoms with van der Waals surface area (Å²) >= 11 is 1.38. The van der Waals surface area contributed by atoms with Gasteiger partial charge in [-0.2, -0.15) is 13.2 Å². The summed E-state index contributed by atoms with van der Waals surface area (Å²) in [6, 6.07) is 10.1. The zero-order valence-corrected chi connectivity index (χ0v) is 17.7. The van der Waals surface area contributed by atoms with Crippen molar-refractivity contribution in [1.82, 2.24) is 4.98 Å². The van der Waals surface area contributed by atoms with Crippen LogP contribution in [0.5, 0.6) is 11.5 Å². The lowest BCUT2D eigenvalue weighted by Gasteiger charge is -2.10. The Labute approximate surface area is 181 Å². The molecule has 0 aliphatic rings. The molecular weight excluding hydrogens is 431 g/mol. The molecule has 0 fully saturated rings. The average molecular weight is 451 g/mol. The van der Waals surface area contributed by atoms with Gasteiger partial charge in [0.2, 0.25) is 0 Å². The molecule has 2 aromatic carbocycles. The molecule has 31 heavy (non-hydrogen) atoms. The van der Waals surface area contributed by atoms with E-state index in [1.807, 2.05) is 19.1 Å². The molecule has 164 valence electrons. The number of halogens is 3. The second kappa shape index (κ2) is 9.82. The highest BCUT2D eigenvalue weighted by atomic mass is 32.1. The van der Waals surface area contributed by atoms with Crippen LogP contribution in [0.1, 0.15) is 23.7 Å². The van der Waals surface area contributed by atoms with Gasteiger partial charge < -0.3 is 14.2 Å². The molecule has 0 atom stereocenters. The van der Waals surface area contributed by atoms with E-state index in [1.54, 1.807) is 18.6 Å². The van der Waals surface area contributed by atoms with Crippen LogP contribution in [-0.4, -0.2) is 24.7 Å². The van der Waals surface area contributed by atoms with Gasteiger partial charge in [-0.3, -0.25) is 4.79 Å². The topological polar surface area (TPSA) is 57.7 Å². The Morgan fingerprint density at radius 1 is 1.13 bits per heavy atom. The summed E-state index contributed by atoms with van der Waals surface area (Å²) in [6.07, 6.45) is -4.71. The molecule has 0 aliphatic heterocycles. The van der Waals surface area contributed by atoms with Gasteiger partial charge in [0.05, 0.1) is 31.4 Å². The maximum Gasteiger partial charge on any atom is 0.416 e. The number of aromatic nitrogens is 1. The first-order valence-electron chi connectivity index (χ1n) is 9.37. The Bertz CT molecular complexity index is 1050. The second-order valence-corrected chi connectivity index (χ2v) is 7.34. The van der Waals surface area contributed by atoms with Crippen LogP contribution in [0.2, 0.25) is 0 Å². The van der Waals surface area contributed by atoms with Gasteiger partial charge in [0.15, 0.2) is 11.5 Å². The lowest BCUT2D eigenvalue weighted by molar-refractivity contribution is -0.144. The fraction of sp³-hybridized carbons (Fsp3) is 0.273. The normalized spacial score (nSPS) is 11.3. The van der Waals surface area contributed by atoms with Crippen molar-refractivity contribution in [2.75, 3.05) is 13.7 Å². The Hall–Kier alpha value is -3.07. The molecule has 1 aromatic heterocycles. The molecule has 0 spiro atoms. The lowest BCUT2D eigenvalue weighted by atomic mass is 10.1. The van der Waals surface area contributed by atoms with Gasteiger partial charge in [-0.15, -0.1) is 11.3 Å². The number of hydrogen-bond donors (Lipinski definition) is 0. The van der Waals surface area contributed by atoms with E-state index in [0.717, 1.165) is 17.7 Å². The predicted molar refractivity (Wildman–Crippen MR) is 110 cm³/mol. The summed E-state index contributed by atoms with van der Waals surface area (Å²) in [6.45, 7) is 2.33. The van der Waals surface area contributed by atoms with Crippen LogP contribution >= 0.6 is 11.3 Å². The number of esters is 1. The SMILES string of the molecule is CCOc1ccc(-c2nc(COC(=O)Cc3cccc(C(F)(F)F)c3)cs2)cc1OC. The van der Waals surface area contributed by atoms with Crippen LogP contribution in [0.4, 0.5) is 13.2 Å². The molecule has 0 bridgehead atoms. The van der Waals surface area contributed by atoms with E-state index >= 15 is 0 Å². The third kappa shape index (κ3) is 5.97. The Kier molecular flexibility index (Phi) is 7.17. The van der Waals surface area contributed by atoms with Crippen molar-refractivity contribution in [3.8, 4) is 22.1 Å². The lowest BCUT2D eigenvalue weighted by Crippen LogP contribution is -2.10. The number of methoxy groups -OCH3 is 1. The van der Waals surface area contributed by atoms with Crippen molar-refractivity contribution in [3.05, 3.63) is 64.7 Å². The molecule has 9 heteroatoms. The number of hydrogen-bond acceptors (Lipinski definition) is 6. The molecule has 0 unspecified atom stereocenters. The Morgan fingerprint density at radius 2 is 1.94 bits per heavy atom. The first-order valence-corrected chi connectivity index (χ1v) is 10.3. The maximum absolute atomic E-state index is 12.8. The number of benzene rings is 2. The quantitative estimate of drug-likeness (QED) is 0.422. The van der Waals surface area contributed by atoms with Crippen LogP contribution in [0.15, 0.2) is 47.8 Å². The van der Waals surface area contributed by atoms with Crippen LogP contribution in [0.3, 0.4) is 0 Å². The van der Waals surface area contributed by atoms with Gasteiger partial charge in [-0.05, 0) is 36.8 Å². The molecule has 0 radical (unpaired) electrons. The molecule has 1 heterocycles. The number of alkyl halides is 3. The van der Waals surface area contributed by atoms with Gasteiger partial charge in [-0.1, -0.05) is 18.2 Å². The average Bonchev–Trinajstić information content (AvgIpc) is 3.21. The summed E-state index contributed by atoms with van der Waals surface area (Å²) in [4.78, 5) is 16.5. The first kappa shape index (κ1) is 22.6. The molecule has 3 rings (SSSR count). The van der Waals surface area contributed by atoms with Gasteiger partial charge in [0.1, 0.15) is 11.6 Å².